The van der Waals surface area contributed by atoms with Crippen LogP contribution in [0.15, 0.2) is 53.7 Å². The second-order valence-electron chi connectivity index (χ2n) is 7.20. The van der Waals surface area contributed by atoms with Crippen molar-refractivity contribution < 1.29 is 0 Å². The van der Waals surface area contributed by atoms with Crippen LogP contribution >= 0.6 is 0 Å². The lowest BCUT2D eigenvalue weighted by molar-refractivity contribution is 1.02. The molecule has 0 aliphatic carbocycles. The fraction of sp³-hybridized carbons (Fsp3) is 0.0909. The van der Waals surface area contributed by atoms with Gasteiger partial charge in [0.2, 0.25) is 5.95 Å². The Morgan fingerprint density at radius 3 is 2.97 bits per heavy atom. The largest absolute Gasteiger partial charge is 0.353 e. The quantitative estimate of drug-likeness (QED) is 0.421. The second kappa shape index (κ2) is 6.00. The van der Waals surface area contributed by atoms with E-state index in [0.29, 0.717) is 12.5 Å². The number of nitrogens with zero attached hydrogens (tertiary/aromatic N) is 4. The number of hydrogen-bond donors (Lipinski definition) is 3. The van der Waals surface area contributed by atoms with E-state index in [9.17, 15) is 0 Å². The van der Waals surface area contributed by atoms with Crippen molar-refractivity contribution in [3.05, 3.63) is 65.5 Å². The number of hydrogen-bond acceptors (Lipinski definition) is 5. The summed E-state index contributed by atoms with van der Waals surface area (Å²) in [5.41, 5.74) is 7.85. The standard InChI is InChI=1S/C22H17N7/c1-12-15-7-6-14(8-19(15)29-28-12)25-22-24-10-13-9-23-11-17-16-4-2-3-5-18(16)26-21(17)20(13)27-22/h2-8,10-11,26H,9H2,1H3,(H,28,29)(H,24,25,27). The summed E-state index contributed by atoms with van der Waals surface area (Å²) in [5, 5.41) is 12.9. The van der Waals surface area contributed by atoms with Crippen LogP contribution in [0.4, 0.5) is 11.6 Å². The molecule has 0 fully saturated rings. The predicted octanol–water partition coefficient (Wildman–Crippen LogP) is 4.49. The van der Waals surface area contributed by atoms with E-state index in [4.69, 9.17) is 4.98 Å². The first-order chi connectivity index (χ1) is 14.3. The van der Waals surface area contributed by atoms with Crippen LogP contribution in [0.2, 0.25) is 0 Å². The number of aliphatic imine (C=N–C) groups is 1. The van der Waals surface area contributed by atoms with Crippen molar-refractivity contribution in [2.24, 2.45) is 4.99 Å². The molecule has 2 aromatic carbocycles. The molecular weight excluding hydrogens is 362 g/mol. The minimum absolute atomic E-state index is 0.543. The summed E-state index contributed by atoms with van der Waals surface area (Å²) in [5.74, 6) is 0.543. The van der Waals surface area contributed by atoms with Crippen LogP contribution in [-0.2, 0) is 6.54 Å². The smallest absolute Gasteiger partial charge is 0.227 e. The number of nitrogens with one attached hydrogen (secondary N) is 3. The van der Waals surface area contributed by atoms with Crippen molar-refractivity contribution in [3.8, 4) is 11.4 Å². The van der Waals surface area contributed by atoms with Gasteiger partial charge in [-0.3, -0.25) is 10.1 Å². The molecule has 0 spiro atoms. The highest BCUT2D eigenvalue weighted by Crippen LogP contribution is 2.33. The molecule has 0 bridgehead atoms. The van der Waals surface area contributed by atoms with Crippen molar-refractivity contribution >= 4 is 39.7 Å². The number of rotatable bonds is 2. The Morgan fingerprint density at radius 1 is 1.07 bits per heavy atom. The molecule has 5 aromatic rings. The summed E-state index contributed by atoms with van der Waals surface area (Å²) in [4.78, 5) is 17.4. The van der Waals surface area contributed by atoms with Gasteiger partial charge in [0.1, 0.15) is 0 Å². The van der Waals surface area contributed by atoms with Gasteiger partial charge in [-0.25, -0.2) is 9.97 Å². The molecule has 0 saturated heterocycles. The maximum Gasteiger partial charge on any atom is 0.227 e. The molecular formula is C22H17N7. The van der Waals surface area contributed by atoms with Crippen molar-refractivity contribution in [2.75, 3.05) is 5.32 Å². The molecule has 29 heavy (non-hydrogen) atoms. The van der Waals surface area contributed by atoms with Crippen molar-refractivity contribution in [1.29, 1.82) is 0 Å². The predicted molar refractivity (Wildman–Crippen MR) is 115 cm³/mol. The summed E-state index contributed by atoms with van der Waals surface area (Å²) < 4.78 is 0. The van der Waals surface area contributed by atoms with E-state index in [-0.39, 0.29) is 0 Å². The molecule has 3 aromatic heterocycles. The molecule has 6 rings (SSSR count). The highest BCUT2D eigenvalue weighted by Gasteiger charge is 2.19. The summed E-state index contributed by atoms with van der Waals surface area (Å²) in [6, 6.07) is 14.3. The van der Waals surface area contributed by atoms with Gasteiger partial charge < -0.3 is 10.3 Å². The third-order valence-electron chi connectivity index (χ3n) is 5.33. The van der Waals surface area contributed by atoms with E-state index in [1.165, 1.54) is 0 Å². The number of H-pyrrole nitrogens is 2. The van der Waals surface area contributed by atoms with Gasteiger partial charge in [0, 0.05) is 51.2 Å². The minimum atomic E-state index is 0.543. The SMILES string of the molecule is Cc1[nH]nc2cc(Nc3ncc4c(n3)-c3[nH]c5ccccc5c3C=NC4)ccc12. The van der Waals surface area contributed by atoms with Crippen LogP contribution in [0, 0.1) is 6.92 Å². The zero-order chi connectivity index (χ0) is 19.4. The van der Waals surface area contributed by atoms with E-state index in [0.717, 1.165) is 55.7 Å². The molecule has 0 radical (unpaired) electrons. The van der Waals surface area contributed by atoms with E-state index < -0.39 is 0 Å². The van der Waals surface area contributed by atoms with Crippen LogP contribution < -0.4 is 5.32 Å². The van der Waals surface area contributed by atoms with E-state index in [1.807, 2.05) is 49.7 Å². The topological polar surface area (TPSA) is 94.6 Å². The van der Waals surface area contributed by atoms with Crippen LogP contribution in [0.1, 0.15) is 16.8 Å². The average molecular weight is 379 g/mol. The van der Waals surface area contributed by atoms with Crippen LogP contribution in [-0.4, -0.2) is 31.4 Å². The molecule has 0 saturated carbocycles. The fourth-order valence-electron chi connectivity index (χ4n) is 3.87. The number of para-hydroxylation sites is 1. The average Bonchev–Trinajstić information content (AvgIpc) is 3.24. The van der Waals surface area contributed by atoms with Crippen LogP contribution in [0.25, 0.3) is 33.2 Å². The second-order valence-corrected chi connectivity index (χ2v) is 7.20. The zero-order valence-electron chi connectivity index (χ0n) is 15.7. The first kappa shape index (κ1) is 16.0. The van der Waals surface area contributed by atoms with Crippen molar-refractivity contribution in [1.82, 2.24) is 25.1 Å². The van der Waals surface area contributed by atoms with Crippen LogP contribution in [0.3, 0.4) is 0 Å². The van der Waals surface area contributed by atoms with Gasteiger partial charge in [-0.15, -0.1) is 0 Å². The maximum absolute atomic E-state index is 4.83. The Balaban J connectivity index is 1.44. The van der Waals surface area contributed by atoms with Gasteiger partial charge in [0.25, 0.3) is 0 Å². The van der Waals surface area contributed by atoms with Gasteiger partial charge in [-0.2, -0.15) is 5.10 Å². The van der Waals surface area contributed by atoms with Gasteiger partial charge in [-0.05, 0) is 31.2 Å². The molecule has 3 N–H and O–H groups in total. The summed E-state index contributed by atoms with van der Waals surface area (Å²) >= 11 is 0. The van der Waals surface area contributed by atoms with Gasteiger partial charge in [-0.1, -0.05) is 18.2 Å². The normalized spacial score (nSPS) is 12.7. The van der Waals surface area contributed by atoms with Crippen molar-refractivity contribution in [2.45, 2.75) is 13.5 Å². The molecule has 7 nitrogen and oxygen atoms in total. The maximum atomic E-state index is 4.83. The lowest BCUT2D eigenvalue weighted by atomic mass is 10.1. The van der Waals surface area contributed by atoms with Gasteiger partial charge in [0.15, 0.2) is 0 Å². The number of anilines is 2. The summed E-state index contributed by atoms with van der Waals surface area (Å²) in [6.45, 7) is 2.57. The summed E-state index contributed by atoms with van der Waals surface area (Å²) in [7, 11) is 0. The Hall–Kier alpha value is -4.00. The molecule has 0 atom stereocenters. The Bertz CT molecular complexity index is 1420. The lowest BCUT2D eigenvalue weighted by Crippen LogP contribution is -2.01. The molecule has 0 amide bonds. The first-order valence-electron chi connectivity index (χ1n) is 9.45. The third-order valence-corrected chi connectivity index (χ3v) is 5.33. The number of aromatic nitrogens is 5. The number of aryl methyl sites for hydroxylation is 1. The Kier molecular flexibility index (Phi) is 3.31. The van der Waals surface area contributed by atoms with E-state index in [1.54, 1.807) is 0 Å². The highest BCUT2D eigenvalue weighted by atomic mass is 15.1. The Morgan fingerprint density at radius 2 is 2.00 bits per heavy atom. The first-order valence-corrected chi connectivity index (χ1v) is 9.45. The third kappa shape index (κ3) is 2.51. The Labute approximate surface area is 165 Å². The van der Waals surface area contributed by atoms with Crippen molar-refractivity contribution in [3.63, 3.8) is 0 Å². The lowest BCUT2D eigenvalue weighted by Gasteiger charge is -2.09. The molecule has 1 aliphatic rings. The molecule has 0 unspecified atom stereocenters. The summed E-state index contributed by atoms with van der Waals surface area (Å²) in [6.07, 6.45) is 3.77. The number of aromatic amines is 2. The monoisotopic (exact) mass is 379 g/mol. The van der Waals surface area contributed by atoms with Gasteiger partial charge >= 0.3 is 0 Å². The fourth-order valence-corrected chi connectivity index (χ4v) is 3.87. The minimum Gasteiger partial charge on any atom is -0.353 e. The van der Waals surface area contributed by atoms with E-state index >= 15 is 0 Å². The van der Waals surface area contributed by atoms with Crippen LogP contribution in [0.5, 0.6) is 0 Å². The molecule has 1 aliphatic heterocycles. The molecule has 7 heteroatoms. The number of benzene rings is 2. The number of fused-ring (bicyclic) bond motifs is 6. The van der Waals surface area contributed by atoms with E-state index in [2.05, 4.69) is 42.6 Å². The van der Waals surface area contributed by atoms with Gasteiger partial charge in [0.05, 0.1) is 23.4 Å². The molecule has 140 valence electrons. The molecule has 4 heterocycles. The highest BCUT2D eigenvalue weighted by molar-refractivity contribution is 6.06. The zero-order valence-corrected chi connectivity index (χ0v) is 15.7.